The third kappa shape index (κ3) is 4.79. The molecule has 24 heavy (non-hydrogen) atoms. The summed E-state index contributed by atoms with van der Waals surface area (Å²) in [6.07, 6.45) is -0.963. The van der Waals surface area contributed by atoms with E-state index in [1.165, 1.54) is 7.05 Å². The first kappa shape index (κ1) is 20.1. The van der Waals surface area contributed by atoms with Crippen molar-refractivity contribution in [2.24, 2.45) is 0 Å². The van der Waals surface area contributed by atoms with Crippen LogP contribution in [0.5, 0.6) is 0 Å². The fourth-order valence-electron chi connectivity index (χ4n) is 1.50. The molecule has 8 nitrogen and oxygen atoms in total. The number of carbonyl (C=O) groups excluding carboxylic acids is 2. The van der Waals surface area contributed by atoms with Crippen LogP contribution in [0.4, 0.5) is 14.9 Å². The van der Waals surface area contributed by atoms with Gasteiger partial charge in [-0.1, -0.05) is 11.6 Å². The number of hydrogen-bond acceptors (Lipinski definition) is 5. The van der Waals surface area contributed by atoms with Crippen molar-refractivity contribution in [3.8, 4) is 0 Å². The highest BCUT2D eigenvalue weighted by Crippen LogP contribution is 2.24. The van der Waals surface area contributed by atoms with E-state index in [4.69, 9.17) is 11.6 Å². The number of carbonyl (C=O) groups is 2. The standard InChI is InChI=1S/C13H17ClFN3O5S/c1-7(2)18(3)24(21,22)17-12(19)8-5-11(16-13(20)23-4)10(15)6-9(8)14/h5-7H,1-4H3,(H,16,20)(H,17,19). The van der Waals surface area contributed by atoms with Crippen LogP contribution < -0.4 is 10.0 Å². The molecule has 0 fully saturated rings. The van der Waals surface area contributed by atoms with Crippen molar-refractivity contribution in [1.82, 2.24) is 9.03 Å². The molecule has 0 radical (unpaired) electrons. The summed E-state index contributed by atoms with van der Waals surface area (Å²) < 4.78 is 44.9. The van der Waals surface area contributed by atoms with Crippen LogP contribution in [-0.4, -0.2) is 44.9 Å². The molecule has 0 atom stereocenters. The molecule has 11 heteroatoms. The van der Waals surface area contributed by atoms with Crippen LogP contribution in [0, 0.1) is 5.82 Å². The first-order chi connectivity index (χ1) is 11.0. The molecule has 134 valence electrons. The fourth-order valence-corrected chi connectivity index (χ4v) is 2.78. The highest BCUT2D eigenvalue weighted by Gasteiger charge is 2.25. The zero-order valence-electron chi connectivity index (χ0n) is 13.4. The summed E-state index contributed by atoms with van der Waals surface area (Å²) in [7, 11) is -1.74. The van der Waals surface area contributed by atoms with Crippen LogP contribution in [-0.2, 0) is 14.9 Å². The number of rotatable bonds is 5. The summed E-state index contributed by atoms with van der Waals surface area (Å²) in [5, 5.41) is 1.73. The van der Waals surface area contributed by atoms with Gasteiger partial charge in [-0.25, -0.2) is 13.9 Å². The van der Waals surface area contributed by atoms with Crippen molar-refractivity contribution in [3.05, 3.63) is 28.5 Å². The number of ether oxygens (including phenoxy) is 1. The van der Waals surface area contributed by atoms with Gasteiger partial charge in [0.2, 0.25) is 0 Å². The fraction of sp³-hybridized carbons (Fsp3) is 0.385. The molecule has 0 saturated heterocycles. The van der Waals surface area contributed by atoms with E-state index in [2.05, 4.69) is 10.1 Å². The number of benzene rings is 1. The third-order valence-corrected chi connectivity index (χ3v) is 4.99. The smallest absolute Gasteiger partial charge is 0.411 e. The number of hydrogen-bond donors (Lipinski definition) is 2. The first-order valence-electron chi connectivity index (χ1n) is 6.63. The molecule has 0 aromatic heterocycles. The quantitative estimate of drug-likeness (QED) is 0.811. The predicted molar refractivity (Wildman–Crippen MR) is 86.7 cm³/mol. The summed E-state index contributed by atoms with van der Waals surface area (Å²) in [5.74, 6) is -1.98. The van der Waals surface area contributed by atoms with Crippen LogP contribution in [0.1, 0.15) is 24.2 Å². The number of methoxy groups -OCH3 is 1. The Hall–Kier alpha value is -1.91. The Morgan fingerprint density at radius 1 is 1.33 bits per heavy atom. The topological polar surface area (TPSA) is 105 Å². The largest absolute Gasteiger partial charge is 0.453 e. The molecule has 1 aromatic carbocycles. The highest BCUT2D eigenvalue weighted by molar-refractivity contribution is 7.87. The lowest BCUT2D eigenvalue weighted by molar-refractivity contribution is 0.0979. The Morgan fingerprint density at radius 3 is 2.42 bits per heavy atom. The van der Waals surface area contributed by atoms with Gasteiger partial charge < -0.3 is 4.74 Å². The average molecular weight is 382 g/mol. The van der Waals surface area contributed by atoms with E-state index in [0.29, 0.717) is 0 Å². The molecule has 2 N–H and O–H groups in total. The Bertz CT molecular complexity index is 754. The molecule has 0 spiro atoms. The lowest BCUT2D eigenvalue weighted by atomic mass is 10.2. The molecule has 0 aliphatic carbocycles. The second-order valence-corrected chi connectivity index (χ2v) is 7.11. The lowest BCUT2D eigenvalue weighted by Gasteiger charge is -2.21. The van der Waals surface area contributed by atoms with Gasteiger partial charge in [-0.2, -0.15) is 12.7 Å². The number of anilines is 1. The monoisotopic (exact) mass is 381 g/mol. The first-order valence-corrected chi connectivity index (χ1v) is 8.45. The van der Waals surface area contributed by atoms with Crippen LogP contribution >= 0.6 is 11.6 Å². The van der Waals surface area contributed by atoms with Gasteiger partial charge in [-0.05, 0) is 26.0 Å². The maximum absolute atomic E-state index is 13.7. The van der Waals surface area contributed by atoms with Crippen LogP contribution in [0.25, 0.3) is 0 Å². The molecule has 1 aromatic rings. The van der Waals surface area contributed by atoms with Gasteiger partial charge in [0.05, 0.1) is 23.4 Å². The van der Waals surface area contributed by atoms with Gasteiger partial charge in [0, 0.05) is 13.1 Å². The van der Waals surface area contributed by atoms with Crippen molar-refractivity contribution in [2.45, 2.75) is 19.9 Å². The van der Waals surface area contributed by atoms with E-state index >= 15 is 0 Å². The number of halogens is 2. The normalized spacial score (nSPS) is 11.5. The van der Waals surface area contributed by atoms with E-state index in [1.807, 2.05) is 4.72 Å². The maximum atomic E-state index is 13.7. The molecule has 1 rings (SSSR count). The van der Waals surface area contributed by atoms with Gasteiger partial charge in [0.25, 0.3) is 5.91 Å². The number of amides is 2. The van der Waals surface area contributed by atoms with Crippen LogP contribution in [0.15, 0.2) is 12.1 Å². The van der Waals surface area contributed by atoms with Gasteiger partial charge in [0.1, 0.15) is 5.82 Å². The van der Waals surface area contributed by atoms with Crippen LogP contribution in [0.2, 0.25) is 5.02 Å². The lowest BCUT2D eigenvalue weighted by Crippen LogP contribution is -2.44. The second kappa shape index (κ2) is 7.77. The second-order valence-electron chi connectivity index (χ2n) is 4.97. The van der Waals surface area contributed by atoms with Crippen LogP contribution in [0.3, 0.4) is 0 Å². The molecule has 0 aliphatic heterocycles. The van der Waals surface area contributed by atoms with Gasteiger partial charge in [-0.3, -0.25) is 10.1 Å². The van der Waals surface area contributed by atoms with Crippen molar-refractivity contribution in [3.63, 3.8) is 0 Å². The molecular weight excluding hydrogens is 365 g/mol. The minimum absolute atomic E-state index is 0.317. The summed E-state index contributed by atoms with van der Waals surface area (Å²) in [6, 6.07) is 1.30. The molecule has 0 saturated carbocycles. The minimum Gasteiger partial charge on any atom is -0.453 e. The third-order valence-electron chi connectivity index (χ3n) is 3.05. The molecule has 0 heterocycles. The molecule has 2 amide bonds. The van der Waals surface area contributed by atoms with Gasteiger partial charge in [-0.15, -0.1) is 0 Å². The van der Waals surface area contributed by atoms with Gasteiger partial charge in [0.15, 0.2) is 0 Å². The van der Waals surface area contributed by atoms with Crippen molar-refractivity contribution in [2.75, 3.05) is 19.5 Å². The predicted octanol–water partition coefficient (Wildman–Crippen LogP) is 1.97. The molecule has 0 bridgehead atoms. The Balaban J connectivity index is 3.15. The highest BCUT2D eigenvalue weighted by atomic mass is 35.5. The SMILES string of the molecule is COC(=O)Nc1cc(C(=O)NS(=O)(=O)N(C)C(C)C)c(Cl)cc1F. The maximum Gasteiger partial charge on any atom is 0.411 e. The summed E-state index contributed by atoms with van der Waals surface area (Å²) in [5.41, 5.74) is -0.712. The van der Waals surface area contributed by atoms with Crippen molar-refractivity contribution < 1.29 is 27.1 Å². The summed E-state index contributed by atoms with van der Waals surface area (Å²) in [6.45, 7) is 3.24. The Morgan fingerprint density at radius 2 is 1.92 bits per heavy atom. The average Bonchev–Trinajstić information content (AvgIpc) is 2.48. The number of nitrogens with one attached hydrogen (secondary N) is 2. The van der Waals surface area contributed by atoms with E-state index in [0.717, 1.165) is 23.5 Å². The summed E-state index contributed by atoms with van der Waals surface area (Å²) >= 11 is 5.78. The number of nitrogens with zero attached hydrogens (tertiary/aromatic N) is 1. The zero-order chi connectivity index (χ0) is 18.7. The molecule has 0 aliphatic rings. The zero-order valence-corrected chi connectivity index (χ0v) is 15.0. The van der Waals surface area contributed by atoms with Gasteiger partial charge >= 0.3 is 16.3 Å². The molecular formula is C13H17ClFN3O5S. The minimum atomic E-state index is -4.11. The van der Waals surface area contributed by atoms with E-state index in [1.54, 1.807) is 13.8 Å². The Kier molecular flexibility index (Phi) is 6.52. The van der Waals surface area contributed by atoms with E-state index < -0.39 is 34.1 Å². The van der Waals surface area contributed by atoms with E-state index in [-0.39, 0.29) is 16.3 Å². The van der Waals surface area contributed by atoms with Crippen molar-refractivity contribution in [1.29, 1.82) is 0 Å². The van der Waals surface area contributed by atoms with E-state index in [9.17, 15) is 22.4 Å². The molecule has 0 unspecified atom stereocenters. The Labute approximate surface area is 144 Å². The van der Waals surface area contributed by atoms with Crippen molar-refractivity contribution >= 4 is 39.5 Å². The summed E-state index contributed by atoms with van der Waals surface area (Å²) in [4.78, 5) is 23.3.